The van der Waals surface area contributed by atoms with Gasteiger partial charge in [0, 0.05) is 19.5 Å². The molecule has 0 spiro atoms. The zero-order valence-electron chi connectivity index (χ0n) is 14.1. The third kappa shape index (κ3) is 3.03. The Morgan fingerprint density at radius 1 is 1.19 bits per heavy atom. The van der Waals surface area contributed by atoms with Gasteiger partial charge >= 0.3 is 6.03 Å². The van der Waals surface area contributed by atoms with Gasteiger partial charge in [0.05, 0.1) is 11.1 Å². The number of nitrogens with zero attached hydrogens (tertiary/aromatic N) is 1. The maximum Gasteiger partial charge on any atom is 0.315 e. The van der Waals surface area contributed by atoms with Crippen molar-refractivity contribution in [2.24, 2.45) is 0 Å². The highest BCUT2D eigenvalue weighted by atomic mass is 16.2. The first kappa shape index (κ1) is 17.6. The van der Waals surface area contributed by atoms with Crippen molar-refractivity contribution in [3.8, 4) is 0 Å². The Morgan fingerprint density at radius 3 is 2.65 bits per heavy atom. The number of nitrogens with one attached hydrogen (secondary N) is 3. The van der Waals surface area contributed by atoms with Crippen LogP contribution >= 0.6 is 0 Å². The van der Waals surface area contributed by atoms with Crippen molar-refractivity contribution in [3.63, 3.8) is 0 Å². The predicted octanol–water partition coefficient (Wildman–Crippen LogP) is -0.0931. The zero-order valence-corrected chi connectivity index (χ0v) is 14.1. The molecule has 2 heterocycles. The van der Waals surface area contributed by atoms with Gasteiger partial charge in [-0.15, -0.1) is 0 Å². The van der Waals surface area contributed by atoms with Gasteiger partial charge < -0.3 is 10.6 Å². The molecule has 0 unspecified atom stereocenters. The van der Waals surface area contributed by atoms with Crippen LogP contribution in [0.25, 0.3) is 0 Å². The molecule has 0 aliphatic carbocycles. The molecule has 2 aliphatic heterocycles. The summed E-state index contributed by atoms with van der Waals surface area (Å²) in [5, 5.41) is 7.35. The van der Waals surface area contributed by atoms with E-state index in [1.807, 2.05) is 0 Å². The normalized spacial score (nSPS) is 19.3. The van der Waals surface area contributed by atoms with Crippen molar-refractivity contribution in [2.45, 2.75) is 32.4 Å². The van der Waals surface area contributed by atoms with E-state index < -0.39 is 29.7 Å². The van der Waals surface area contributed by atoms with Gasteiger partial charge in [0.2, 0.25) is 11.8 Å². The second-order valence-corrected chi connectivity index (χ2v) is 6.00. The van der Waals surface area contributed by atoms with Crippen molar-refractivity contribution in [1.82, 2.24) is 20.9 Å². The zero-order chi connectivity index (χ0) is 18.8. The van der Waals surface area contributed by atoms with Crippen molar-refractivity contribution < 1.29 is 24.0 Å². The van der Waals surface area contributed by atoms with Crippen LogP contribution in [0.1, 0.15) is 46.0 Å². The van der Waals surface area contributed by atoms with Crippen molar-refractivity contribution in [2.75, 3.05) is 6.54 Å². The monoisotopic (exact) mass is 358 g/mol. The molecule has 1 fully saturated rings. The first-order valence-electron chi connectivity index (χ1n) is 8.29. The van der Waals surface area contributed by atoms with Crippen LogP contribution in [0, 0.1) is 0 Å². The average Bonchev–Trinajstić information content (AvgIpc) is 2.85. The average molecular weight is 358 g/mol. The number of urea groups is 1. The molecule has 2 aliphatic rings. The summed E-state index contributed by atoms with van der Waals surface area (Å²) in [6.07, 6.45) is 0.165. The van der Waals surface area contributed by atoms with Crippen LogP contribution in [-0.2, 0) is 16.1 Å². The summed E-state index contributed by atoms with van der Waals surface area (Å²) >= 11 is 0. The number of amides is 6. The number of hydrogen-bond acceptors (Lipinski definition) is 5. The maximum atomic E-state index is 12.8. The molecule has 1 atom stereocenters. The number of rotatable bonds is 4. The fourth-order valence-electron chi connectivity index (χ4n) is 3.13. The van der Waals surface area contributed by atoms with Crippen LogP contribution in [0.5, 0.6) is 0 Å². The number of carbonyl (C=O) groups is 5. The quantitative estimate of drug-likeness (QED) is 0.649. The van der Waals surface area contributed by atoms with E-state index in [0.717, 1.165) is 4.90 Å². The Kier molecular flexibility index (Phi) is 4.70. The number of benzene rings is 1. The van der Waals surface area contributed by atoms with Crippen molar-refractivity contribution in [3.05, 3.63) is 34.9 Å². The van der Waals surface area contributed by atoms with E-state index >= 15 is 0 Å². The van der Waals surface area contributed by atoms with Crippen LogP contribution in [0.2, 0.25) is 0 Å². The molecule has 0 bridgehead atoms. The summed E-state index contributed by atoms with van der Waals surface area (Å²) in [5.74, 6) is -2.24. The number of carbonyl (C=O) groups excluding carboxylic acids is 5. The number of imide groups is 2. The molecule has 6 amide bonds. The van der Waals surface area contributed by atoms with E-state index in [9.17, 15) is 24.0 Å². The van der Waals surface area contributed by atoms with E-state index in [4.69, 9.17) is 0 Å². The molecule has 9 nitrogen and oxygen atoms in total. The first-order chi connectivity index (χ1) is 12.4. The van der Waals surface area contributed by atoms with Crippen LogP contribution < -0.4 is 16.0 Å². The Labute approximate surface area is 149 Å². The lowest BCUT2D eigenvalue weighted by atomic mass is 10.0. The van der Waals surface area contributed by atoms with Gasteiger partial charge in [-0.1, -0.05) is 12.1 Å². The minimum absolute atomic E-state index is 0.0649. The van der Waals surface area contributed by atoms with Crippen LogP contribution in [-0.4, -0.2) is 47.1 Å². The van der Waals surface area contributed by atoms with Crippen LogP contribution in [0.4, 0.5) is 4.79 Å². The molecule has 9 heteroatoms. The molecule has 3 N–H and O–H groups in total. The highest BCUT2D eigenvalue weighted by Crippen LogP contribution is 2.29. The van der Waals surface area contributed by atoms with Crippen molar-refractivity contribution >= 4 is 29.7 Å². The molecule has 1 aromatic rings. The molecule has 1 aromatic carbocycles. The molecule has 26 heavy (non-hydrogen) atoms. The number of piperidine rings is 1. The van der Waals surface area contributed by atoms with Gasteiger partial charge in [0.1, 0.15) is 6.04 Å². The summed E-state index contributed by atoms with van der Waals surface area (Å²) in [6.45, 7) is 2.30. The SMILES string of the molecule is CCNC(=O)NCc1cccc2c1C(=O)N([C@H]1CCC(=O)NC1=O)C2=O. The molecule has 1 saturated heterocycles. The minimum Gasteiger partial charge on any atom is -0.338 e. The Bertz CT molecular complexity index is 819. The highest BCUT2D eigenvalue weighted by Gasteiger charge is 2.45. The van der Waals surface area contributed by atoms with E-state index in [1.165, 1.54) is 6.07 Å². The molecule has 0 radical (unpaired) electrons. The minimum atomic E-state index is -1.01. The van der Waals surface area contributed by atoms with Gasteiger partial charge in [0.25, 0.3) is 11.8 Å². The molecule has 3 rings (SSSR count). The topological polar surface area (TPSA) is 125 Å². The fraction of sp³-hybridized carbons (Fsp3) is 0.353. The maximum absolute atomic E-state index is 12.8. The molecule has 0 aromatic heterocycles. The van der Waals surface area contributed by atoms with Crippen LogP contribution in [0.3, 0.4) is 0 Å². The number of fused-ring (bicyclic) bond motifs is 1. The van der Waals surface area contributed by atoms with E-state index in [1.54, 1.807) is 19.1 Å². The number of hydrogen-bond donors (Lipinski definition) is 3. The lowest BCUT2D eigenvalue weighted by Crippen LogP contribution is -2.54. The Balaban J connectivity index is 1.86. The van der Waals surface area contributed by atoms with Gasteiger partial charge in [-0.25, -0.2) is 4.79 Å². The van der Waals surface area contributed by atoms with Gasteiger partial charge in [-0.2, -0.15) is 0 Å². The second-order valence-electron chi connectivity index (χ2n) is 6.00. The Hall–Kier alpha value is -3.23. The summed E-state index contributed by atoms with van der Waals surface area (Å²) in [5.41, 5.74) is 0.857. The van der Waals surface area contributed by atoms with Gasteiger partial charge in [0.15, 0.2) is 0 Å². The predicted molar refractivity (Wildman–Crippen MR) is 89.0 cm³/mol. The molecular formula is C17H18N4O5. The summed E-state index contributed by atoms with van der Waals surface area (Å²) < 4.78 is 0. The molecular weight excluding hydrogens is 340 g/mol. The van der Waals surface area contributed by atoms with Gasteiger partial charge in [-0.05, 0) is 25.0 Å². The third-order valence-electron chi connectivity index (χ3n) is 4.33. The van der Waals surface area contributed by atoms with Crippen LogP contribution in [0.15, 0.2) is 18.2 Å². The van der Waals surface area contributed by atoms with E-state index in [2.05, 4.69) is 16.0 Å². The second kappa shape index (κ2) is 6.95. The Morgan fingerprint density at radius 2 is 1.96 bits per heavy atom. The van der Waals surface area contributed by atoms with Crippen molar-refractivity contribution in [1.29, 1.82) is 0 Å². The first-order valence-corrected chi connectivity index (χ1v) is 8.29. The third-order valence-corrected chi connectivity index (χ3v) is 4.33. The standard InChI is InChI=1S/C17H18N4O5/c1-2-18-17(26)19-8-9-4-3-5-10-13(9)16(25)21(15(10)24)11-6-7-12(22)20-14(11)23/h3-5,11H,2,6-8H2,1H3,(H2,18,19,26)(H,20,22,23)/t11-/m0/s1. The fourth-order valence-corrected chi connectivity index (χ4v) is 3.13. The van der Waals surface area contributed by atoms with Gasteiger partial charge in [-0.3, -0.25) is 29.4 Å². The summed E-state index contributed by atoms with van der Waals surface area (Å²) in [6, 6.07) is 3.38. The van der Waals surface area contributed by atoms with E-state index in [-0.39, 0.29) is 36.5 Å². The molecule has 0 saturated carbocycles. The lowest BCUT2D eigenvalue weighted by molar-refractivity contribution is -0.136. The molecule has 136 valence electrons. The summed E-state index contributed by atoms with van der Waals surface area (Å²) in [7, 11) is 0. The highest BCUT2D eigenvalue weighted by molar-refractivity contribution is 6.24. The smallest absolute Gasteiger partial charge is 0.315 e. The summed E-state index contributed by atoms with van der Waals surface area (Å²) in [4.78, 5) is 61.4. The lowest BCUT2D eigenvalue weighted by Gasteiger charge is -2.27. The largest absolute Gasteiger partial charge is 0.338 e. The van der Waals surface area contributed by atoms with E-state index in [0.29, 0.717) is 12.1 Å².